The molecule has 1 aromatic rings. The van der Waals surface area contributed by atoms with E-state index < -0.39 is 0 Å². The summed E-state index contributed by atoms with van der Waals surface area (Å²) in [5, 5.41) is 3.11. The minimum Gasteiger partial charge on any atom is -0.347 e. The Balaban J connectivity index is 1.93. The largest absolute Gasteiger partial charge is 0.347 e. The Morgan fingerprint density at radius 2 is 2.15 bits per heavy atom. The third-order valence-corrected chi connectivity index (χ3v) is 4.10. The third kappa shape index (κ3) is 4.09. The lowest BCUT2D eigenvalue weighted by Gasteiger charge is -2.21. The second kappa shape index (κ2) is 7.27. The molecule has 1 amide bonds. The lowest BCUT2D eigenvalue weighted by Crippen LogP contribution is -2.41. The lowest BCUT2D eigenvalue weighted by atomic mass is 10.3. The molecule has 1 aliphatic heterocycles. The van der Waals surface area contributed by atoms with Crippen molar-refractivity contribution in [2.45, 2.75) is 45.7 Å². The van der Waals surface area contributed by atoms with E-state index in [1.807, 2.05) is 16.8 Å². The van der Waals surface area contributed by atoms with Crippen molar-refractivity contribution in [2.75, 3.05) is 19.6 Å². The first-order valence-electron chi connectivity index (χ1n) is 7.49. The normalized spacial score (nSPS) is 17.4. The number of rotatable bonds is 6. The van der Waals surface area contributed by atoms with Crippen molar-refractivity contribution in [2.24, 2.45) is 0 Å². The van der Waals surface area contributed by atoms with Crippen LogP contribution in [0.2, 0.25) is 0 Å². The standard InChI is InChI=1S/C15H24BrN3O/c1-3-6-19-11-13(16)9-14(19)15(20)17-12(2)10-18-7-4-5-8-18/h9,11-12H,3-8,10H2,1-2H3,(H,17,20). The molecule has 0 saturated carbocycles. The van der Waals surface area contributed by atoms with Crippen LogP contribution in [0.1, 0.15) is 43.6 Å². The Morgan fingerprint density at radius 1 is 1.45 bits per heavy atom. The summed E-state index contributed by atoms with van der Waals surface area (Å²) >= 11 is 3.45. The van der Waals surface area contributed by atoms with Crippen LogP contribution in [-0.4, -0.2) is 41.1 Å². The van der Waals surface area contributed by atoms with Crippen LogP contribution in [0.5, 0.6) is 0 Å². The highest BCUT2D eigenvalue weighted by Crippen LogP contribution is 2.16. The molecule has 0 spiro atoms. The van der Waals surface area contributed by atoms with E-state index in [9.17, 15) is 4.79 Å². The van der Waals surface area contributed by atoms with E-state index in [-0.39, 0.29) is 11.9 Å². The number of carbonyl (C=O) groups is 1. The van der Waals surface area contributed by atoms with Gasteiger partial charge in [-0.3, -0.25) is 4.79 Å². The molecular weight excluding hydrogens is 318 g/mol. The Morgan fingerprint density at radius 3 is 2.80 bits per heavy atom. The van der Waals surface area contributed by atoms with Gasteiger partial charge in [-0.05, 0) is 61.3 Å². The highest BCUT2D eigenvalue weighted by Gasteiger charge is 2.18. The third-order valence-electron chi connectivity index (χ3n) is 3.67. The van der Waals surface area contributed by atoms with Gasteiger partial charge in [0.05, 0.1) is 0 Å². The van der Waals surface area contributed by atoms with Crippen molar-refractivity contribution in [1.29, 1.82) is 0 Å². The Kier molecular flexibility index (Phi) is 5.66. The van der Waals surface area contributed by atoms with E-state index in [0.717, 1.165) is 42.8 Å². The van der Waals surface area contributed by atoms with Crippen LogP contribution in [0.4, 0.5) is 0 Å². The first-order chi connectivity index (χ1) is 9.60. The van der Waals surface area contributed by atoms with Crippen molar-refractivity contribution >= 4 is 21.8 Å². The highest BCUT2D eigenvalue weighted by molar-refractivity contribution is 9.10. The van der Waals surface area contributed by atoms with E-state index in [2.05, 4.69) is 40.0 Å². The summed E-state index contributed by atoms with van der Waals surface area (Å²) < 4.78 is 2.98. The van der Waals surface area contributed by atoms with Gasteiger partial charge in [-0.2, -0.15) is 0 Å². The maximum atomic E-state index is 12.4. The summed E-state index contributed by atoms with van der Waals surface area (Å²) in [7, 11) is 0. The number of aryl methyl sites for hydroxylation is 1. The molecule has 5 heteroatoms. The molecule has 0 bridgehead atoms. The van der Waals surface area contributed by atoms with Gasteiger partial charge in [0.2, 0.25) is 0 Å². The summed E-state index contributed by atoms with van der Waals surface area (Å²) in [5.41, 5.74) is 0.743. The average Bonchev–Trinajstić information content (AvgIpc) is 2.99. The quantitative estimate of drug-likeness (QED) is 0.863. The predicted molar refractivity (Wildman–Crippen MR) is 85.0 cm³/mol. The first-order valence-corrected chi connectivity index (χ1v) is 8.28. The molecule has 1 aliphatic rings. The highest BCUT2D eigenvalue weighted by atomic mass is 79.9. The molecule has 1 N–H and O–H groups in total. The first kappa shape index (κ1) is 15.6. The average molecular weight is 342 g/mol. The fourth-order valence-electron chi connectivity index (χ4n) is 2.79. The van der Waals surface area contributed by atoms with Gasteiger partial charge in [-0.15, -0.1) is 0 Å². The number of aromatic nitrogens is 1. The van der Waals surface area contributed by atoms with Crippen LogP contribution in [0.25, 0.3) is 0 Å². The summed E-state index contributed by atoms with van der Waals surface area (Å²) in [4.78, 5) is 14.8. The lowest BCUT2D eigenvalue weighted by molar-refractivity contribution is 0.0922. The molecule has 0 aliphatic carbocycles. The monoisotopic (exact) mass is 341 g/mol. The van der Waals surface area contributed by atoms with Crippen LogP contribution in [0.3, 0.4) is 0 Å². The molecule has 1 unspecified atom stereocenters. The van der Waals surface area contributed by atoms with Crippen molar-refractivity contribution in [3.8, 4) is 0 Å². The SMILES string of the molecule is CCCn1cc(Br)cc1C(=O)NC(C)CN1CCCC1. The van der Waals surface area contributed by atoms with E-state index in [1.54, 1.807) is 0 Å². The fraction of sp³-hybridized carbons (Fsp3) is 0.667. The molecule has 4 nitrogen and oxygen atoms in total. The molecular formula is C15H24BrN3O. The number of amides is 1. The van der Waals surface area contributed by atoms with Crippen molar-refractivity contribution in [1.82, 2.24) is 14.8 Å². The summed E-state index contributed by atoms with van der Waals surface area (Å²) in [5.74, 6) is 0.0239. The van der Waals surface area contributed by atoms with E-state index in [0.29, 0.717) is 0 Å². The molecule has 20 heavy (non-hydrogen) atoms. The van der Waals surface area contributed by atoms with Crippen LogP contribution < -0.4 is 5.32 Å². The van der Waals surface area contributed by atoms with Crippen molar-refractivity contribution < 1.29 is 4.79 Å². The van der Waals surface area contributed by atoms with E-state index in [1.165, 1.54) is 12.8 Å². The fourth-order valence-corrected chi connectivity index (χ4v) is 3.25. The van der Waals surface area contributed by atoms with Crippen LogP contribution >= 0.6 is 15.9 Å². The second-order valence-corrected chi connectivity index (χ2v) is 6.53. The number of likely N-dealkylation sites (tertiary alicyclic amines) is 1. The van der Waals surface area contributed by atoms with Crippen molar-refractivity contribution in [3.63, 3.8) is 0 Å². The molecule has 0 radical (unpaired) electrons. The predicted octanol–water partition coefficient (Wildman–Crippen LogP) is 2.87. The van der Waals surface area contributed by atoms with Gasteiger partial charge >= 0.3 is 0 Å². The van der Waals surface area contributed by atoms with Crippen LogP contribution in [0.15, 0.2) is 16.7 Å². The molecule has 112 valence electrons. The zero-order valence-electron chi connectivity index (χ0n) is 12.4. The van der Waals surface area contributed by atoms with Gasteiger partial charge in [-0.25, -0.2) is 0 Å². The summed E-state index contributed by atoms with van der Waals surface area (Å²) in [6.07, 6.45) is 5.56. The smallest absolute Gasteiger partial charge is 0.268 e. The van der Waals surface area contributed by atoms with Gasteiger partial charge < -0.3 is 14.8 Å². The zero-order valence-corrected chi connectivity index (χ0v) is 13.9. The molecule has 1 fully saturated rings. The molecule has 0 aromatic carbocycles. The number of halogens is 1. The Labute approximate surface area is 129 Å². The Hall–Kier alpha value is -0.810. The number of nitrogens with zero attached hydrogens (tertiary/aromatic N) is 2. The summed E-state index contributed by atoms with van der Waals surface area (Å²) in [6.45, 7) is 8.34. The second-order valence-electron chi connectivity index (χ2n) is 5.62. The number of hydrogen-bond acceptors (Lipinski definition) is 2. The van der Waals surface area contributed by atoms with Crippen LogP contribution in [0, 0.1) is 0 Å². The minimum atomic E-state index is 0.0239. The minimum absolute atomic E-state index is 0.0239. The maximum absolute atomic E-state index is 12.4. The van der Waals surface area contributed by atoms with Gasteiger partial charge in [-0.1, -0.05) is 6.92 Å². The summed E-state index contributed by atoms with van der Waals surface area (Å²) in [6, 6.07) is 2.08. The maximum Gasteiger partial charge on any atom is 0.268 e. The van der Waals surface area contributed by atoms with Gasteiger partial charge in [0.1, 0.15) is 5.69 Å². The zero-order chi connectivity index (χ0) is 14.5. The van der Waals surface area contributed by atoms with Crippen LogP contribution in [-0.2, 0) is 6.54 Å². The Bertz CT molecular complexity index is 452. The van der Waals surface area contributed by atoms with Gasteiger partial charge in [0, 0.05) is 29.8 Å². The number of carbonyl (C=O) groups excluding carboxylic acids is 1. The van der Waals surface area contributed by atoms with Gasteiger partial charge in [0.25, 0.3) is 5.91 Å². The topological polar surface area (TPSA) is 37.3 Å². The van der Waals surface area contributed by atoms with E-state index in [4.69, 9.17) is 0 Å². The van der Waals surface area contributed by atoms with E-state index >= 15 is 0 Å². The van der Waals surface area contributed by atoms with Gasteiger partial charge in [0.15, 0.2) is 0 Å². The molecule has 1 saturated heterocycles. The number of nitrogens with one attached hydrogen (secondary N) is 1. The molecule has 2 heterocycles. The molecule has 2 rings (SSSR count). The molecule has 1 atom stereocenters. The number of hydrogen-bond donors (Lipinski definition) is 1. The molecule has 1 aromatic heterocycles. The van der Waals surface area contributed by atoms with Crippen molar-refractivity contribution in [3.05, 3.63) is 22.4 Å².